The van der Waals surface area contributed by atoms with Crippen LogP contribution in [0.1, 0.15) is 107 Å². The maximum absolute atomic E-state index is 11.7. The molecule has 178 valence electrons. The van der Waals surface area contributed by atoms with Gasteiger partial charge in [-0.25, -0.2) is 9.59 Å². The minimum absolute atomic E-state index is 0.222. The number of esters is 2. The predicted molar refractivity (Wildman–Crippen MR) is 140 cm³/mol. The van der Waals surface area contributed by atoms with Crippen molar-refractivity contribution in [2.75, 3.05) is 14.2 Å². The van der Waals surface area contributed by atoms with Gasteiger partial charge in [-0.2, -0.15) is 0 Å². The summed E-state index contributed by atoms with van der Waals surface area (Å²) in [6.45, 7) is 4.16. The molecule has 0 amide bonds. The molecule has 0 saturated heterocycles. The highest BCUT2D eigenvalue weighted by molar-refractivity contribution is 14.1. The summed E-state index contributed by atoms with van der Waals surface area (Å²) in [5.74, 6) is 0.979. The average Bonchev–Trinajstić information content (AvgIpc) is 2.77. The van der Waals surface area contributed by atoms with Gasteiger partial charge in [0.05, 0.1) is 25.3 Å². The van der Waals surface area contributed by atoms with Crippen molar-refractivity contribution < 1.29 is 19.1 Å². The van der Waals surface area contributed by atoms with Gasteiger partial charge in [0, 0.05) is 3.57 Å². The molecule has 0 bridgehead atoms. The lowest BCUT2D eigenvalue weighted by Crippen LogP contribution is -2.13. The van der Waals surface area contributed by atoms with Gasteiger partial charge in [-0.3, -0.25) is 0 Å². The van der Waals surface area contributed by atoms with Gasteiger partial charge in [-0.15, -0.1) is 0 Å². The zero-order valence-electron chi connectivity index (χ0n) is 20.2. The van der Waals surface area contributed by atoms with Gasteiger partial charge in [0.25, 0.3) is 0 Å². The summed E-state index contributed by atoms with van der Waals surface area (Å²) in [5.41, 5.74) is 6.46. The fourth-order valence-corrected chi connectivity index (χ4v) is 5.38. The van der Waals surface area contributed by atoms with Crippen molar-refractivity contribution >= 4 is 34.5 Å². The summed E-state index contributed by atoms with van der Waals surface area (Å²) in [6.07, 6.45) is 9.59. The highest BCUT2D eigenvalue weighted by Gasteiger charge is 2.24. The maximum atomic E-state index is 11.7. The molecule has 2 aromatic rings. The molecule has 0 unspecified atom stereocenters. The summed E-state index contributed by atoms with van der Waals surface area (Å²) < 4.78 is 10.8. The van der Waals surface area contributed by atoms with E-state index in [1.54, 1.807) is 0 Å². The van der Waals surface area contributed by atoms with Crippen molar-refractivity contribution in [2.24, 2.45) is 0 Å². The van der Waals surface area contributed by atoms with E-state index in [9.17, 15) is 9.59 Å². The van der Waals surface area contributed by atoms with Gasteiger partial charge in [-0.1, -0.05) is 44.9 Å². The Balaban J connectivity index is 0.000000186. The average molecular weight is 562 g/mol. The smallest absolute Gasteiger partial charge is 0.338 e. The zero-order chi connectivity index (χ0) is 24.0. The molecular weight excluding hydrogens is 527 g/mol. The van der Waals surface area contributed by atoms with Crippen LogP contribution in [0.3, 0.4) is 0 Å². The van der Waals surface area contributed by atoms with Crippen molar-refractivity contribution in [1.29, 1.82) is 0 Å². The van der Waals surface area contributed by atoms with Gasteiger partial charge in [0.15, 0.2) is 0 Å². The van der Waals surface area contributed by atoms with Gasteiger partial charge in [0.2, 0.25) is 0 Å². The van der Waals surface area contributed by atoms with Gasteiger partial charge >= 0.3 is 11.9 Å². The first kappa shape index (κ1) is 25.7. The van der Waals surface area contributed by atoms with E-state index in [0.29, 0.717) is 11.5 Å². The van der Waals surface area contributed by atoms with Crippen LogP contribution in [0.5, 0.6) is 0 Å². The van der Waals surface area contributed by atoms with E-state index in [-0.39, 0.29) is 11.9 Å². The van der Waals surface area contributed by atoms with Crippen molar-refractivity contribution in [3.8, 4) is 0 Å². The Morgan fingerprint density at radius 3 is 1.85 bits per heavy atom. The first-order chi connectivity index (χ1) is 15.9. The van der Waals surface area contributed by atoms with E-state index >= 15 is 0 Å². The van der Waals surface area contributed by atoms with Crippen LogP contribution in [-0.4, -0.2) is 26.2 Å². The minimum Gasteiger partial charge on any atom is -0.465 e. The van der Waals surface area contributed by atoms with Crippen LogP contribution in [0.15, 0.2) is 30.3 Å². The van der Waals surface area contributed by atoms with Crippen molar-refractivity contribution in [3.63, 3.8) is 0 Å². The first-order valence-corrected chi connectivity index (χ1v) is 13.1. The molecule has 5 heteroatoms. The van der Waals surface area contributed by atoms with Crippen LogP contribution < -0.4 is 0 Å². The Hall–Kier alpha value is -1.89. The molecule has 0 atom stereocenters. The standard InChI is InChI=1S/C14H17IO2.C14H18O2/c1-3-9-7-11(10-5-4-6-10)13(15)8-12(9)14(16)17-2;1-3-10-9-12(11-5-4-6-11)7-8-13(10)14(15)16-2/h7-8,10H,3-6H2,1-2H3;7-9,11H,3-6H2,1-2H3. The molecule has 2 fully saturated rings. The third kappa shape index (κ3) is 5.97. The molecule has 33 heavy (non-hydrogen) atoms. The molecule has 4 rings (SSSR count). The summed E-state index contributed by atoms with van der Waals surface area (Å²) in [4.78, 5) is 23.2. The largest absolute Gasteiger partial charge is 0.465 e. The molecule has 0 spiro atoms. The van der Waals surface area contributed by atoms with E-state index < -0.39 is 0 Å². The summed E-state index contributed by atoms with van der Waals surface area (Å²) >= 11 is 2.33. The molecule has 4 nitrogen and oxygen atoms in total. The van der Waals surface area contributed by atoms with E-state index in [1.165, 1.54) is 67.4 Å². The molecule has 2 aromatic carbocycles. The maximum Gasteiger partial charge on any atom is 0.338 e. The van der Waals surface area contributed by atoms with Crippen molar-refractivity contribution in [1.82, 2.24) is 0 Å². The van der Waals surface area contributed by atoms with Gasteiger partial charge in [-0.05, 0) is 107 Å². The number of hydrogen-bond acceptors (Lipinski definition) is 4. The monoisotopic (exact) mass is 562 g/mol. The fraction of sp³-hybridized carbons (Fsp3) is 0.500. The number of benzene rings is 2. The van der Waals surface area contributed by atoms with E-state index in [0.717, 1.165) is 35.4 Å². The molecule has 2 saturated carbocycles. The van der Waals surface area contributed by atoms with Gasteiger partial charge < -0.3 is 9.47 Å². The molecule has 0 N–H and O–H groups in total. The lowest BCUT2D eigenvalue weighted by molar-refractivity contribution is 0.0590. The second-order valence-electron chi connectivity index (χ2n) is 8.89. The molecule has 2 aliphatic carbocycles. The number of aryl methyl sites for hydroxylation is 2. The second-order valence-corrected chi connectivity index (χ2v) is 10.1. The minimum atomic E-state index is -0.225. The van der Waals surface area contributed by atoms with E-state index in [1.807, 2.05) is 12.1 Å². The lowest BCUT2D eigenvalue weighted by Gasteiger charge is -2.27. The van der Waals surface area contributed by atoms with Crippen LogP contribution in [-0.2, 0) is 22.3 Å². The van der Waals surface area contributed by atoms with Crippen LogP contribution in [0.2, 0.25) is 0 Å². The Kier molecular flexibility index (Phi) is 9.36. The third-order valence-corrected chi connectivity index (χ3v) is 7.98. The second kappa shape index (κ2) is 12.0. The number of carbonyl (C=O) groups excluding carboxylic acids is 2. The highest BCUT2D eigenvalue weighted by atomic mass is 127. The zero-order valence-corrected chi connectivity index (χ0v) is 22.4. The van der Waals surface area contributed by atoms with Crippen LogP contribution in [0.25, 0.3) is 0 Å². The molecule has 0 aromatic heterocycles. The van der Waals surface area contributed by atoms with Crippen molar-refractivity contribution in [3.05, 3.63) is 67.3 Å². The number of ether oxygens (including phenoxy) is 2. The molecular formula is C28H35IO4. The summed E-state index contributed by atoms with van der Waals surface area (Å²) in [7, 11) is 2.87. The normalized spacial score (nSPS) is 15.5. The fourth-order valence-electron chi connectivity index (χ4n) is 4.47. The Morgan fingerprint density at radius 2 is 1.36 bits per heavy atom. The molecule has 2 aliphatic rings. The third-order valence-electron chi connectivity index (χ3n) is 7.05. The van der Waals surface area contributed by atoms with Crippen LogP contribution >= 0.6 is 22.6 Å². The molecule has 0 aliphatic heterocycles. The van der Waals surface area contributed by atoms with Crippen molar-refractivity contribution in [2.45, 2.75) is 77.0 Å². The summed E-state index contributed by atoms with van der Waals surface area (Å²) in [5, 5.41) is 0. The Morgan fingerprint density at radius 1 is 0.818 bits per heavy atom. The molecule has 0 radical (unpaired) electrons. The summed E-state index contributed by atoms with van der Waals surface area (Å²) in [6, 6.07) is 10.4. The number of hydrogen-bond donors (Lipinski definition) is 0. The number of carbonyl (C=O) groups is 2. The Bertz CT molecular complexity index is 990. The Labute approximate surface area is 211 Å². The first-order valence-electron chi connectivity index (χ1n) is 12.0. The number of methoxy groups -OCH3 is 2. The number of rotatable bonds is 6. The SMILES string of the molecule is CCc1cc(C2CCC2)c(I)cc1C(=O)OC.CCc1cc(C2CCC2)ccc1C(=O)OC. The van der Waals surface area contributed by atoms with E-state index in [4.69, 9.17) is 9.47 Å². The highest BCUT2D eigenvalue weighted by Crippen LogP contribution is 2.39. The predicted octanol–water partition coefficient (Wildman–Crippen LogP) is 7.21. The van der Waals surface area contributed by atoms with Crippen LogP contribution in [0.4, 0.5) is 0 Å². The van der Waals surface area contributed by atoms with Gasteiger partial charge in [0.1, 0.15) is 0 Å². The van der Waals surface area contributed by atoms with Crippen LogP contribution in [0, 0.1) is 3.57 Å². The van der Waals surface area contributed by atoms with E-state index in [2.05, 4.69) is 54.6 Å². The lowest BCUT2D eigenvalue weighted by atomic mass is 9.79. The topological polar surface area (TPSA) is 52.6 Å². The number of halogens is 1. The molecule has 0 heterocycles. The quantitative estimate of drug-likeness (QED) is 0.276.